The molecule has 1 N–H and O–H groups in total. The second-order valence-electron chi connectivity index (χ2n) is 10.0. The van der Waals surface area contributed by atoms with Crippen molar-refractivity contribution in [2.75, 3.05) is 13.1 Å². The van der Waals surface area contributed by atoms with Crippen LogP contribution in [0.4, 0.5) is 13.2 Å². The highest BCUT2D eigenvalue weighted by atomic mass is 32.2. The molecule has 1 saturated heterocycles. The van der Waals surface area contributed by atoms with E-state index in [0.717, 1.165) is 31.0 Å². The number of benzene rings is 1. The molecule has 11 heteroatoms. The van der Waals surface area contributed by atoms with Crippen LogP contribution in [0.1, 0.15) is 49.7 Å². The van der Waals surface area contributed by atoms with Gasteiger partial charge in [-0.1, -0.05) is 12.5 Å². The molecule has 4 atom stereocenters. The first-order chi connectivity index (χ1) is 15.5. The fourth-order valence-electron chi connectivity index (χ4n) is 6.86. The van der Waals surface area contributed by atoms with E-state index in [2.05, 4.69) is 9.08 Å². The maximum atomic E-state index is 13.0. The van der Waals surface area contributed by atoms with Gasteiger partial charge in [0.2, 0.25) is 0 Å². The number of carbonyl (C=O) groups excluding carboxylic acids is 1. The second kappa shape index (κ2) is 6.63. The summed E-state index contributed by atoms with van der Waals surface area (Å²) in [6, 6.07) is 2.47. The fraction of sp³-hybridized carbons (Fsp3) is 0.682. The molecule has 1 spiro atoms. The predicted molar refractivity (Wildman–Crippen MR) is 108 cm³/mol. The summed E-state index contributed by atoms with van der Waals surface area (Å²) in [6.45, 7) is 1.50. The molecule has 2 bridgehead atoms. The molecule has 3 fully saturated rings. The average Bonchev–Trinajstić information content (AvgIpc) is 3.05. The Kier molecular flexibility index (Phi) is 4.35. The summed E-state index contributed by atoms with van der Waals surface area (Å²) < 4.78 is 72.7. The number of likely N-dealkylation sites (tertiary alicyclic amines) is 1. The molecule has 6 rings (SSSR count). The number of hydrogen-bond acceptors (Lipinski definition) is 7. The number of carbonyl (C=O) groups is 1. The van der Waals surface area contributed by atoms with Gasteiger partial charge in [-0.15, -0.1) is 0 Å². The molecule has 180 valence electrons. The maximum absolute atomic E-state index is 13.0. The minimum absolute atomic E-state index is 0.0943. The molecule has 2 aliphatic heterocycles. The number of ether oxygens (including phenoxy) is 1. The van der Waals surface area contributed by atoms with Crippen LogP contribution < -0.4 is 8.92 Å². The first-order valence-electron chi connectivity index (χ1n) is 11.3. The van der Waals surface area contributed by atoms with Crippen LogP contribution in [0.5, 0.6) is 11.5 Å². The normalized spacial score (nSPS) is 35.6. The zero-order valence-electron chi connectivity index (χ0n) is 17.7. The van der Waals surface area contributed by atoms with E-state index in [9.17, 15) is 31.5 Å². The van der Waals surface area contributed by atoms with E-state index in [-0.39, 0.29) is 30.4 Å². The summed E-state index contributed by atoms with van der Waals surface area (Å²) in [7, 11) is -5.92. The highest BCUT2D eigenvalue weighted by Crippen LogP contribution is 2.65. The molecule has 2 heterocycles. The highest BCUT2D eigenvalue weighted by molar-refractivity contribution is 7.88. The topological polar surface area (TPSA) is 93.1 Å². The van der Waals surface area contributed by atoms with Gasteiger partial charge in [0.15, 0.2) is 23.4 Å². The van der Waals surface area contributed by atoms with Crippen LogP contribution in [0.15, 0.2) is 12.1 Å². The van der Waals surface area contributed by atoms with Crippen molar-refractivity contribution in [3.63, 3.8) is 0 Å². The van der Waals surface area contributed by atoms with E-state index in [1.54, 1.807) is 6.07 Å². The lowest BCUT2D eigenvalue weighted by atomic mass is 9.49. The number of aliphatic hydroxyl groups is 1. The molecule has 5 aliphatic rings. The molecule has 33 heavy (non-hydrogen) atoms. The lowest BCUT2D eigenvalue weighted by molar-refractivity contribution is -0.190. The standard InChI is InChI=1S/C22H24F3NO6S/c23-22(24,25)33(29,30)32-15-5-4-13-10-16-21(28)7-6-14(27)19-20(21,17(13)18(15)31-19)8-9-26(16)11-12-2-1-3-12/h4-5,12,16,19,28H,1-3,6-11H2/t16-,19+,20+,21-/m0/s1. The predicted octanol–water partition coefficient (Wildman–Crippen LogP) is 2.44. The van der Waals surface area contributed by atoms with Crippen LogP contribution >= 0.6 is 0 Å². The summed E-state index contributed by atoms with van der Waals surface area (Å²) in [5, 5.41) is 12.1. The third-order valence-electron chi connectivity index (χ3n) is 8.55. The Hall–Kier alpha value is -1.85. The monoisotopic (exact) mass is 487 g/mol. The summed E-state index contributed by atoms with van der Waals surface area (Å²) in [5.74, 6) is -0.409. The van der Waals surface area contributed by atoms with Gasteiger partial charge < -0.3 is 14.0 Å². The average molecular weight is 487 g/mol. The summed E-state index contributed by atoms with van der Waals surface area (Å²) in [5.41, 5.74) is -6.82. The van der Waals surface area contributed by atoms with Gasteiger partial charge in [0.05, 0.1) is 11.0 Å². The van der Waals surface area contributed by atoms with E-state index >= 15 is 0 Å². The van der Waals surface area contributed by atoms with Crippen molar-refractivity contribution in [2.45, 2.75) is 73.6 Å². The fourth-order valence-corrected chi connectivity index (χ4v) is 7.32. The van der Waals surface area contributed by atoms with Gasteiger partial charge in [0.1, 0.15) is 0 Å². The van der Waals surface area contributed by atoms with E-state index < -0.39 is 38.5 Å². The third-order valence-corrected chi connectivity index (χ3v) is 9.52. The van der Waals surface area contributed by atoms with Crippen molar-refractivity contribution in [2.24, 2.45) is 5.92 Å². The number of rotatable bonds is 4. The quantitative estimate of drug-likeness (QED) is 0.515. The molecule has 0 aromatic heterocycles. The van der Waals surface area contributed by atoms with Gasteiger partial charge >= 0.3 is 15.6 Å². The Balaban J connectivity index is 1.48. The van der Waals surface area contributed by atoms with Crippen molar-refractivity contribution in [1.29, 1.82) is 0 Å². The van der Waals surface area contributed by atoms with Crippen LogP contribution in [-0.2, 0) is 26.7 Å². The van der Waals surface area contributed by atoms with Gasteiger partial charge in [0.25, 0.3) is 0 Å². The zero-order valence-corrected chi connectivity index (χ0v) is 18.5. The van der Waals surface area contributed by atoms with Crippen molar-refractivity contribution < 1.29 is 40.4 Å². The largest absolute Gasteiger partial charge is 0.534 e. The number of piperidine rings is 1. The lowest BCUT2D eigenvalue weighted by Crippen LogP contribution is -2.76. The van der Waals surface area contributed by atoms with Gasteiger partial charge in [0, 0.05) is 24.6 Å². The van der Waals surface area contributed by atoms with Crippen molar-refractivity contribution in [3.05, 3.63) is 23.3 Å². The Morgan fingerprint density at radius 2 is 2.00 bits per heavy atom. The maximum Gasteiger partial charge on any atom is 0.534 e. The minimum Gasteiger partial charge on any atom is -0.477 e. The molecular formula is C22H24F3NO6S. The highest BCUT2D eigenvalue weighted by Gasteiger charge is 2.73. The van der Waals surface area contributed by atoms with Crippen LogP contribution in [0.3, 0.4) is 0 Å². The van der Waals surface area contributed by atoms with Crippen LogP contribution in [-0.4, -0.2) is 60.6 Å². The van der Waals surface area contributed by atoms with E-state index in [4.69, 9.17) is 4.74 Å². The van der Waals surface area contributed by atoms with E-state index in [1.807, 2.05) is 0 Å². The van der Waals surface area contributed by atoms with Crippen LogP contribution in [0, 0.1) is 5.92 Å². The summed E-state index contributed by atoms with van der Waals surface area (Å²) >= 11 is 0. The molecule has 3 aliphatic carbocycles. The molecule has 7 nitrogen and oxygen atoms in total. The number of ketones is 1. The van der Waals surface area contributed by atoms with Crippen molar-refractivity contribution in [1.82, 2.24) is 4.90 Å². The molecule has 0 amide bonds. The second-order valence-corrected chi connectivity index (χ2v) is 11.6. The Morgan fingerprint density at radius 3 is 2.67 bits per heavy atom. The van der Waals surface area contributed by atoms with E-state index in [1.165, 1.54) is 6.42 Å². The molecule has 1 aromatic carbocycles. The van der Waals surface area contributed by atoms with Crippen molar-refractivity contribution >= 4 is 15.9 Å². The van der Waals surface area contributed by atoms with Crippen molar-refractivity contribution in [3.8, 4) is 11.5 Å². The van der Waals surface area contributed by atoms with Gasteiger partial charge in [-0.25, -0.2) is 0 Å². The molecule has 0 radical (unpaired) electrons. The molecule has 1 aromatic rings. The van der Waals surface area contributed by atoms with E-state index in [0.29, 0.717) is 30.9 Å². The van der Waals surface area contributed by atoms with Gasteiger partial charge in [-0.2, -0.15) is 21.6 Å². The lowest BCUT2D eigenvalue weighted by Gasteiger charge is -2.63. The van der Waals surface area contributed by atoms with Crippen LogP contribution in [0.25, 0.3) is 0 Å². The third kappa shape index (κ3) is 2.70. The first-order valence-corrected chi connectivity index (χ1v) is 12.7. The number of nitrogens with zero attached hydrogens (tertiary/aromatic N) is 1. The Morgan fingerprint density at radius 1 is 1.24 bits per heavy atom. The molecular weight excluding hydrogens is 463 g/mol. The number of hydrogen-bond donors (Lipinski definition) is 1. The number of Topliss-reactive ketones (excluding diaryl/α,β-unsaturated/α-hetero) is 1. The first kappa shape index (κ1) is 21.7. The Labute approximate surface area is 189 Å². The summed E-state index contributed by atoms with van der Waals surface area (Å²) in [6.07, 6.45) is 3.63. The minimum atomic E-state index is -5.92. The Bertz CT molecular complexity index is 1150. The SMILES string of the molecule is O=C1CC[C@]2(O)[C@@H]3Cc4ccc(OS(=O)(=O)C(F)(F)F)c5c4[C@]2(CCN3CC2CCC2)[C@@H]1O5. The smallest absolute Gasteiger partial charge is 0.477 e. The summed E-state index contributed by atoms with van der Waals surface area (Å²) in [4.78, 5) is 15.3. The van der Waals surface area contributed by atoms with Gasteiger partial charge in [-0.05, 0) is 56.2 Å². The van der Waals surface area contributed by atoms with Crippen LogP contribution in [0.2, 0.25) is 0 Å². The van der Waals surface area contributed by atoms with Gasteiger partial charge in [-0.3, -0.25) is 9.69 Å². The molecule has 0 unspecified atom stereocenters. The number of halogens is 3. The zero-order chi connectivity index (χ0) is 23.4. The number of alkyl halides is 3. The molecule has 2 saturated carbocycles.